The molecule has 0 aliphatic heterocycles. The molecule has 0 aliphatic carbocycles. The van der Waals surface area contributed by atoms with Crippen LogP contribution in [0.3, 0.4) is 0 Å². The molecule has 0 amide bonds. The second-order valence-electron chi connectivity index (χ2n) is 4.13. The van der Waals surface area contributed by atoms with Gasteiger partial charge in [-0.3, -0.25) is 0 Å². The molecule has 0 bridgehead atoms. The molecule has 19 heavy (non-hydrogen) atoms. The third-order valence-corrected chi connectivity index (χ3v) is 3.61. The molecule has 0 saturated heterocycles. The van der Waals surface area contributed by atoms with Crippen LogP contribution in [0.5, 0.6) is 5.75 Å². The quantitative estimate of drug-likeness (QED) is 0.768. The van der Waals surface area contributed by atoms with Crippen LogP contribution in [-0.4, -0.2) is 14.2 Å². The summed E-state index contributed by atoms with van der Waals surface area (Å²) in [6.07, 6.45) is 0. The Balaban J connectivity index is 2.37. The minimum atomic E-state index is -0.199. The van der Waals surface area contributed by atoms with Crippen LogP contribution >= 0.6 is 15.9 Å². The molecule has 2 aromatic carbocycles. The highest BCUT2D eigenvalue weighted by molar-refractivity contribution is 9.08. The predicted octanol–water partition coefficient (Wildman–Crippen LogP) is 4.50. The highest BCUT2D eigenvalue weighted by Crippen LogP contribution is 2.30. The number of rotatable bonds is 4. The van der Waals surface area contributed by atoms with Gasteiger partial charge in [-0.2, -0.15) is 0 Å². The van der Waals surface area contributed by atoms with Crippen LogP contribution in [0.1, 0.15) is 5.56 Å². The number of nitrogens with zero attached hydrogens (tertiary/aromatic N) is 1. The van der Waals surface area contributed by atoms with Crippen molar-refractivity contribution in [2.75, 3.05) is 19.1 Å². The summed E-state index contributed by atoms with van der Waals surface area (Å²) in [5.41, 5.74) is 2.48. The van der Waals surface area contributed by atoms with Gasteiger partial charge in [0, 0.05) is 29.3 Å². The molecule has 4 heteroatoms. The van der Waals surface area contributed by atoms with Gasteiger partial charge >= 0.3 is 0 Å². The predicted molar refractivity (Wildman–Crippen MR) is 80.1 cm³/mol. The van der Waals surface area contributed by atoms with E-state index in [2.05, 4.69) is 15.9 Å². The fraction of sp³-hybridized carbons (Fsp3) is 0.200. The van der Waals surface area contributed by atoms with Crippen molar-refractivity contribution >= 4 is 27.3 Å². The van der Waals surface area contributed by atoms with Gasteiger partial charge in [-0.1, -0.05) is 22.0 Å². The number of ether oxygens (including phenoxy) is 1. The van der Waals surface area contributed by atoms with Crippen LogP contribution in [0, 0.1) is 5.82 Å². The first-order valence-corrected chi connectivity index (χ1v) is 7.00. The molecule has 0 spiro atoms. The molecule has 2 aromatic rings. The van der Waals surface area contributed by atoms with Crippen LogP contribution < -0.4 is 9.64 Å². The number of benzene rings is 2. The van der Waals surface area contributed by atoms with Gasteiger partial charge in [0.1, 0.15) is 11.6 Å². The lowest BCUT2D eigenvalue weighted by Gasteiger charge is -2.22. The van der Waals surface area contributed by atoms with E-state index in [9.17, 15) is 4.39 Å². The van der Waals surface area contributed by atoms with Gasteiger partial charge in [0.05, 0.1) is 7.11 Å². The molecule has 0 saturated carbocycles. The highest BCUT2D eigenvalue weighted by Gasteiger charge is 2.12. The van der Waals surface area contributed by atoms with E-state index < -0.39 is 0 Å². The maximum atomic E-state index is 13.8. The highest BCUT2D eigenvalue weighted by atomic mass is 79.9. The van der Waals surface area contributed by atoms with E-state index in [1.54, 1.807) is 13.2 Å². The Morgan fingerprint density at radius 2 is 1.84 bits per heavy atom. The maximum Gasteiger partial charge on any atom is 0.129 e. The van der Waals surface area contributed by atoms with E-state index in [-0.39, 0.29) is 5.82 Å². The summed E-state index contributed by atoms with van der Waals surface area (Å²) in [6.45, 7) is 0. The summed E-state index contributed by atoms with van der Waals surface area (Å²) in [7, 11) is 3.55. The normalized spacial score (nSPS) is 10.3. The molecular weight excluding hydrogens is 309 g/mol. The number of hydrogen-bond donors (Lipinski definition) is 0. The fourth-order valence-corrected chi connectivity index (χ4v) is 2.49. The average Bonchev–Trinajstić information content (AvgIpc) is 2.46. The monoisotopic (exact) mass is 323 g/mol. The maximum absolute atomic E-state index is 13.8. The standard InChI is InChI=1S/C15H15BrFNO/c1-18(11-6-8-12(19-2)9-7-11)15-5-3-4-14(17)13(15)10-16/h3-9H,10H2,1-2H3. The molecule has 2 nitrogen and oxygen atoms in total. The Labute approximate surface area is 120 Å². The van der Waals surface area contributed by atoms with Crippen LogP contribution in [0.4, 0.5) is 15.8 Å². The topological polar surface area (TPSA) is 12.5 Å². The first-order valence-electron chi connectivity index (χ1n) is 5.88. The van der Waals surface area contributed by atoms with E-state index in [1.807, 2.05) is 42.3 Å². The fourth-order valence-electron chi connectivity index (χ4n) is 1.94. The third-order valence-electron chi connectivity index (χ3n) is 3.05. The second kappa shape index (κ2) is 6.06. The van der Waals surface area contributed by atoms with Crippen LogP contribution in [-0.2, 0) is 5.33 Å². The van der Waals surface area contributed by atoms with Crippen molar-refractivity contribution in [2.24, 2.45) is 0 Å². The van der Waals surface area contributed by atoms with Crippen molar-refractivity contribution in [1.82, 2.24) is 0 Å². The lowest BCUT2D eigenvalue weighted by molar-refractivity contribution is 0.415. The summed E-state index contributed by atoms with van der Waals surface area (Å²) in [5, 5.41) is 0.482. The largest absolute Gasteiger partial charge is 0.497 e. The Kier molecular flexibility index (Phi) is 4.43. The number of halogens is 2. The summed E-state index contributed by atoms with van der Waals surface area (Å²) in [5.74, 6) is 0.604. The van der Waals surface area contributed by atoms with Crippen molar-refractivity contribution in [3.8, 4) is 5.75 Å². The van der Waals surface area contributed by atoms with Gasteiger partial charge in [-0.25, -0.2) is 4.39 Å². The van der Waals surface area contributed by atoms with Crippen LogP contribution in [0.25, 0.3) is 0 Å². The van der Waals surface area contributed by atoms with E-state index >= 15 is 0 Å². The lowest BCUT2D eigenvalue weighted by atomic mass is 10.1. The van der Waals surface area contributed by atoms with Crippen LogP contribution in [0.2, 0.25) is 0 Å². The van der Waals surface area contributed by atoms with Crippen molar-refractivity contribution in [3.63, 3.8) is 0 Å². The minimum absolute atomic E-state index is 0.199. The van der Waals surface area contributed by atoms with Gasteiger partial charge in [-0.15, -0.1) is 0 Å². The van der Waals surface area contributed by atoms with Crippen molar-refractivity contribution in [2.45, 2.75) is 5.33 Å². The average molecular weight is 324 g/mol. The Morgan fingerprint density at radius 1 is 1.16 bits per heavy atom. The van der Waals surface area contributed by atoms with E-state index in [4.69, 9.17) is 4.74 Å². The summed E-state index contributed by atoms with van der Waals surface area (Å²) >= 11 is 3.34. The van der Waals surface area contributed by atoms with Gasteiger partial charge in [0.2, 0.25) is 0 Å². The number of anilines is 2. The second-order valence-corrected chi connectivity index (χ2v) is 4.69. The Hall–Kier alpha value is -1.55. The minimum Gasteiger partial charge on any atom is -0.497 e. The Morgan fingerprint density at radius 3 is 2.42 bits per heavy atom. The summed E-state index contributed by atoms with van der Waals surface area (Å²) < 4.78 is 18.9. The zero-order valence-electron chi connectivity index (χ0n) is 10.9. The molecule has 0 aromatic heterocycles. The molecule has 0 fully saturated rings. The number of alkyl halides is 1. The zero-order chi connectivity index (χ0) is 13.8. The van der Waals surface area contributed by atoms with Crippen molar-refractivity contribution < 1.29 is 9.13 Å². The van der Waals surface area contributed by atoms with E-state index in [0.717, 1.165) is 17.1 Å². The van der Waals surface area contributed by atoms with Crippen molar-refractivity contribution in [1.29, 1.82) is 0 Å². The molecule has 100 valence electrons. The van der Waals surface area contributed by atoms with Crippen molar-refractivity contribution in [3.05, 3.63) is 53.8 Å². The first-order chi connectivity index (χ1) is 9.17. The van der Waals surface area contributed by atoms with Gasteiger partial charge in [0.15, 0.2) is 0 Å². The number of methoxy groups -OCH3 is 1. The van der Waals surface area contributed by atoms with Gasteiger partial charge in [-0.05, 0) is 36.4 Å². The molecular formula is C15H15BrFNO. The molecule has 0 radical (unpaired) electrons. The van der Waals surface area contributed by atoms with E-state index in [0.29, 0.717) is 10.9 Å². The lowest BCUT2D eigenvalue weighted by Crippen LogP contribution is -2.12. The third kappa shape index (κ3) is 2.89. The van der Waals surface area contributed by atoms with Gasteiger partial charge < -0.3 is 9.64 Å². The molecule has 0 aliphatic rings. The molecule has 0 heterocycles. The molecule has 0 unspecified atom stereocenters. The zero-order valence-corrected chi connectivity index (χ0v) is 12.4. The Bertz CT molecular complexity index is 557. The SMILES string of the molecule is COc1ccc(N(C)c2cccc(F)c2CBr)cc1. The number of hydrogen-bond acceptors (Lipinski definition) is 2. The summed E-state index contributed by atoms with van der Waals surface area (Å²) in [6, 6.07) is 12.8. The van der Waals surface area contributed by atoms with Crippen LogP contribution in [0.15, 0.2) is 42.5 Å². The molecule has 0 atom stereocenters. The molecule has 0 N–H and O–H groups in total. The van der Waals surface area contributed by atoms with Gasteiger partial charge in [0.25, 0.3) is 0 Å². The first kappa shape index (κ1) is 13.9. The smallest absolute Gasteiger partial charge is 0.129 e. The molecule has 2 rings (SSSR count). The summed E-state index contributed by atoms with van der Waals surface area (Å²) in [4.78, 5) is 1.96. The van der Waals surface area contributed by atoms with E-state index in [1.165, 1.54) is 6.07 Å².